The molecule has 0 radical (unpaired) electrons. The lowest BCUT2D eigenvalue weighted by atomic mass is 10.0. The van der Waals surface area contributed by atoms with Crippen molar-refractivity contribution in [1.82, 2.24) is 15.5 Å². The minimum Gasteiger partial charge on any atom is -0.351 e. The normalized spacial score (nSPS) is 16.4. The first-order valence-electron chi connectivity index (χ1n) is 9.74. The Balaban J connectivity index is 1.65. The van der Waals surface area contributed by atoms with Gasteiger partial charge in [-0.15, -0.1) is 0 Å². The SMILES string of the molecule is O=C(NC(C(=O)NC1CCN(CC(F)F)CC1)c1ccccc1)c1ccccc1. The average Bonchev–Trinajstić information content (AvgIpc) is 2.74. The second-order valence-electron chi connectivity index (χ2n) is 7.16. The van der Waals surface area contributed by atoms with E-state index in [0.29, 0.717) is 37.1 Å². The third kappa shape index (κ3) is 6.09. The molecule has 2 N–H and O–H groups in total. The van der Waals surface area contributed by atoms with E-state index in [1.807, 2.05) is 24.3 Å². The highest BCUT2D eigenvalue weighted by molar-refractivity contribution is 5.97. The second-order valence-corrected chi connectivity index (χ2v) is 7.16. The van der Waals surface area contributed by atoms with Crippen LogP contribution in [0.5, 0.6) is 0 Å². The summed E-state index contributed by atoms with van der Waals surface area (Å²) in [5.41, 5.74) is 1.16. The van der Waals surface area contributed by atoms with Gasteiger partial charge in [0.05, 0.1) is 6.54 Å². The van der Waals surface area contributed by atoms with Gasteiger partial charge in [-0.25, -0.2) is 8.78 Å². The summed E-state index contributed by atoms with van der Waals surface area (Å²) in [6.07, 6.45) is -1.14. The standard InChI is InChI=1S/C22H25F2N3O2/c23-19(24)15-27-13-11-18(12-14-27)25-22(29)20(16-7-3-1-4-8-16)26-21(28)17-9-5-2-6-10-17/h1-10,18-20H,11-15H2,(H,25,29)(H,26,28). The Labute approximate surface area is 169 Å². The number of hydrogen-bond donors (Lipinski definition) is 2. The van der Waals surface area contributed by atoms with Gasteiger partial charge in [0, 0.05) is 24.7 Å². The summed E-state index contributed by atoms with van der Waals surface area (Å²) in [6, 6.07) is 16.8. The monoisotopic (exact) mass is 401 g/mol. The molecule has 2 aromatic carbocycles. The van der Waals surface area contributed by atoms with Crippen LogP contribution in [0, 0.1) is 0 Å². The van der Waals surface area contributed by atoms with Gasteiger partial charge in [0.15, 0.2) is 0 Å². The molecule has 7 heteroatoms. The highest BCUT2D eigenvalue weighted by atomic mass is 19.3. The van der Waals surface area contributed by atoms with Crippen LogP contribution in [-0.4, -0.2) is 48.8 Å². The first kappa shape index (κ1) is 20.9. The van der Waals surface area contributed by atoms with Gasteiger partial charge in [0.1, 0.15) is 6.04 Å². The van der Waals surface area contributed by atoms with Gasteiger partial charge >= 0.3 is 0 Å². The summed E-state index contributed by atoms with van der Waals surface area (Å²) in [5.74, 6) is -0.630. The minimum atomic E-state index is -2.35. The van der Waals surface area contributed by atoms with E-state index in [2.05, 4.69) is 10.6 Å². The number of likely N-dealkylation sites (tertiary alicyclic amines) is 1. The van der Waals surface area contributed by atoms with Crippen LogP contribution in [0.25, 0.3) is 0 Å². The molecule has 2 aromatic rings. The Morgan fingerprint density at radius 3 is 2.14 bits per heavy atom. The quantitative estimate of drug-likeness (QED) is 0.750. The lowest BCUT2D eigenvalue weighted by molar-refractivity contribution is -0.124. The number of alkyl halides is 2. The summed E-state index contributed by atoms with van der Waals surface area (Å²) >= 11 is 0. The van der Waals surface area contributed by atoms with Gasteiger partial charge in [0.2, 0.25) is 5.91 Å². The maximum absolute atomic E-state index is 13.0. The van der Waals surface area contributed by atoms with Crippen molar-refractivity contribution in [1.29, 1.82) is 0 Å². The average molecular weight is 401 g/mol. The van der Waals surface area contributed by atoms with Crippen LogP contribution in [0.2, 0.25) is 0 Å². The Bertz CT molecular complexity index is 794. The Kier molecular flexibility index (Phi) is 7.30. The predicted molar refractivity (Wildman–Crippen MR) is 107 cm³/mol. The van der Waals surface area contributed by atoms with Crippen molar-refractivity contribution in [2.45, 2.75) is 31.4 Å². The van der Waals surface area contributed by atoms with Crippen molar-refractivity contribution in [2.75, 3.05) is 19.6 Å². The number of halogens is 2. The molecule has 0 aliphatic carbocycles. The lowest BCUT2D eigenvalue weighted by Gasteiger charge is -2.33. The molecule has 2 amide bonds. The van der Waals surface area contributed by atoms with Crippen LogP contribution in [0.15, 0.2) is 60.7 Å². The molecule has 1 unspecified atom stereocenters. The van der Waals surface area contributed by atoms with E-state index in [-0.39, 0.29) is 24.4 Å². The van der Waals surface area contributed by atoms with E-state index in [0.717, 1.165) is 0 Å². The molecule has 1 aliphatic heterocycles. The van der Waals surface area contributed by atoms with E-state index in [9.17, 15) is 18.4 Å². The third-order valence-corrected chi connectivity index (χ3v) is 5.04. The van der Waals surface area contributed by atoms with Gasteiger partial charge in [-0.2, -0.15) is 0 Å². The van der Waals surface area contributed by atoms with Gasteiger partial charge in [-0.3, -0.25) is 14.5 Å². The number of carbonyl (C=O) groups is 2. The second kappa shape index (κ2) is 10.1. The maximum Gasteiger partial charge on any atom is 0.252 e. The largest absolute Gasteiger partial charge is 0.351 e. The molecule has 154 valence electrons. The van der Waals surface area contributed by atoms with E-state index in [1.54, 1.807) is 41.3 Å². The molecule has 1 fully saturated rings. The number of amides is 2. The fraction of sp³-hybridized carbons (Fsp3) is 0.364. The molecule has 1 atom stereocenters. The molecule has 1 heterocycles. The fourth-order valence-corrected chi connectivity index (χ4v) is 3.49. The summed E-state index contributed by atoms with van der Waals surface area (Å²) in [4.78, 5) is 27.3. The van der Waals surface area contributed by atoms with Crippen LogP contribution in [-0.2, 0) is 4.79 Å². The van der Waals surface area contributed by atoms with Gasteiger partial charge < -0.3 is 10.6 Å². The molecule has 1 aliphatic rings. The highest BCUT2D eigenvalue weighted by Gasteiger charge is 2.27. The van der Waals surface area contributed by atoms with Gasteiger partial charge in [0.25, 0.3) is 12.3 Å². The van der Waals surface area contributed by atoms with Crippen LogP contribution < -0.4 is 10.6 Å². The summed E-state index contributed by atoms with van der Waals surface area (Å²) in [6.45, 7) is 0.795. The first-order chi connectivity index (χ1) is 14.0. The number of carbonyl (C=O) groups excluding carboxylic acids is 2. The van der Waals surface area contributed by atoms with Crippen molar-refractivity contribution >= 4 is 11.8 Å². The number of hydrogen-bond acceptors (Lipinski definition) is 3. The highest BCUT2D eigenvalue weighted by Crippen LogP contribution is 2.17. The molecule has 1 saturated heterocycles. The Morgan fingerprint density at radius 1 is 0.966 bits per heavy atom. The summed E-state index contributed by atoms with van der Waals surface area (Å²) in [7, 11) is 0. The van der Waals surface area contributed by atoms with Crippen molar-refractivity contribution in [3.63, 3.8) is 0 Å². The van der Waals surface area contributed by atoms with Gasteiger partial charge in [-0.1, -0.05) is 48.5 Å². The lowest BCUT2D eigenvalue weighted by Crippen LogP contribution is -2.49. The predicted octanol–water partition coefficient (Wildman–Crippen LogP) is 3.00. The number of benzene rings is 2. The number of nitrogens with one attached hydrogen (secondary N) is 2. The molecular weight excluding hydrogens is 376 g/mol. The van der Waals surface area contributed by atoms with Crippen molar-refractivity contribution in [3.05, 3.63) is 71.8 Å². The Morgan fingerprint density at radius 2 is 1.55 bits per heavy atom. The smallest absolute Gasteiger partial charge is 0.252 e. The van der Waals surface area contributed by atoms with Crippen LogP contribution >= 0.6 is 0 Å². The molecular formula is C22H25F2N3O2. The molecule has 0 spiro atoms. The van der Waals surface area contributed by atoms with Gasteiger partial charge in [-0.05, 0) is 30.5 Å². The molecule has 0 aromatic heterocycles. The van der Waals surface area contributed by atoms with E-state index >= 15 is 0 Å². The van der Waals surface area contributed by atoms with Crippen LogP contribution in [0.1, 0.15) is 34.8 Å². The Hall–Kier alpha value is -2.80. The summed E-state index contributed by atoms with van der Waals surface area (Å²) in [5, 5.41) is 5.79. The van der Waals surface area contributed by atoms with Crippen LogP contribution in [0.4, 0.5) is 8.78 Å². The van der Waals surface area contributed by atoms with E-state index in [4.69, 9.17) is 0 Å². The zero-order valence-electron chi connectivity index (χ0n) is 16.1. The van der Waals surface area contributed by atoms with Crippen molar-refractivity contribution < 1.29 is 18.4 Å². The van der Waals surface area contributed by atoms with Crippen LogP contribution in [0.3, 0.4) is 0 Å². The zero-order valence-corrected chi connectivity index (χ0v) is 16.1. The molecule has 0 saturated carbocycles. The number of nitrogens with zero attached hydrogens (tertiary/aromatic N) is 1. The first-order valence-corrected chi connectivity index (χ1v) is 9.74. The number of piperidine rings is 1. The maximum atomic E-state index is 13.0. The molecule has 5 nitrogen and oxygen atoms in total. The van der Waals surface area contributed by atoms with Crippen molar-refractivity contribution in [3.8, 4) is 0 Å². The third-order valence-electron chi connectivity index (χ3n) is 5.04. The molecule has 3 rings (SSSR count). The zero-order chi connectivity index (χ0) is 20.6. The van der Waals surface area contributed by atoms with Crippen molar-refractivity contribution in [2.24, 2.45) is 0 Å². The minimum absolute atomic E-state index is 0.101. The fourth-order valence-electron chi connectivity index (χ4n) is 3.49. The summed E-state index contributed by atoms with van der Waals surface area (Å²) < 4.78 is 25.1. The van der Waals surface area contributed by atoms with E-state index < -0.39 is 12.5 Å². The molecule has 0 bridgehead atoms. The topological polar surface area (TPSA) is 61.4 Å². The number of rotatable bonds is 7. The van der Waals surface area contributed by atoms with E-state index in [1.165, 1.54) is 0 Å². The molecule has 29 heavy (non-hydrogen) atoms.